The second kappa shape index (κ2) is 5.96. The molecule has 0 aromatic heterocycles. The number of esters is 1. The highest BCUT2D eigenvalue weighted by molar-refractivity contribution is 6.34. The summed E-state index contributed by atoms with van der Waals surface area (Å²) in [7, 11) is 0. The zero-order chi connectivity index (χ0) is 16.7. The van der Waals surface area contributed by atoms with E-state index in [1.165, 1.54) is 0 Å². The van der Waals surface area contributed by atoms with Crippen LogP contribution in [0.15, 0.2) is 12.1 Å². The topological polar surface area (TPSA) is 67.4 Å². The quantitative estimate of drug-likeness (QED) is 0.617. The van der Waals surface area contributed by atoms with Gasteiger partial charge in [0.05, 0.1) is 22.2 Å². The van der Waals surface area contributed by atoms with Crippen LogP contribution in [0.5, 0.6) is 5.75 Å². The molecule has 128 valence electrons. The molecule has 1 aliphatic heterocycles. The third-order valence-electron chi connectivity index (χ3n) is 5.54. The maximum atomic E-state index is 12.3. The molecule has 1 heterocycles. The molecule has 0 unspecified atom stereocenters. The summed E-state index contributed by atoms with van der Waals surface area (Å²) in [5, 5.41) is 6.36. The molecule has 2 saturated carbocycles. The third-order valence-corrected chi connectivity index (χ3v) is 5.86. The number of ether oxygens (including phenoxy) is 1. The lowest BCUT2D eigenvalue weighted by Gasteiger charge is -2.43. The van der Waals surface area contributed by atoms with Crippen LogP contribution in [-0.2, 0) is 10.3 Å². The first-order valence-corrected chi connectivity index (χ1v) is 9.11. The SMILES string of the molecule is O=C1Nc2c(Cl)ccc(OC(=O)C3CCC3)c2C2(CCCCC2)N1. The Morgan fingerprint density at radius 1 is 1.17 bits per heavy atom. The van der Waals surface area contributed by atoms with E-state index in [2.05, 4.69) is 10.6 Å². The number of fused-ring (bicyclic) bond motifs is 2. The number of nitrogens with one attached hydrogen (secondary N) is 2. The fraction of sp³-hybridized carbons (Fsp3) is 0.556. The van der Waals surface area contributed by atoms with Gasteiger partial charge in [-0.25, -0.2) is 4.79 Å². The average Bonchev–Trinajstić information content (AvgIpc) is 2.49. The highest BCUT2D eigenvalue weighted by Crippen LogP contribution is 2.49. The molecule has 0 atom stereocenters. The Morgan fingerprint density at radius 2 is 1.92 bits per heavy atom. The number of hydrogen-bond acceptors (Lipinski definition) is 3. The van der Waals surface area contributed by atoms with Gasteiger partial charge in [-0.3, -0.25) is 4.79 Å². The molecule has 2 aliphatic carbocycles. The summed E-state index contributed by atoms with van der Waals surface area (Å²) in [5.41, 5.74) is 0.930. The molecule has 2 fully saturated rings. The Bertz CT molecular complexity index is 694. The number of carbonyl (C=O) groups excluding carboxylic acids is 2. The number of anilines is 1. The highest BCUT2D eigenvalue weighted by atomic mass is 35.5. The minimum atomic E-state index is -0.490. The first-order chi connectivity index (χ1) is 11.6. The molecule has 4 rings (SSSR count). The molecule has 2 amide bonds. The summed E-state index contributed by atoms with van der Waals surface area (Å²) in [6, 6.07) is 3.20. The fourth-order valence-corrected chi connectivity index (χ4v) is 4.24. The van der Waals surface area contributed by atoms with Crippen LogP contribution < -0.4 is 15.4 Å². The Labute approximate surface area is 146 Å². The van der Waals surface area contributed by atoms with E-state index in [0.29, 0.717) is 16.5 Å². The van der Waals surface area contributed by atoms with Gasteiger partial charge in [-0.05, 0) is 37.8 Å². The van der Waals surface area contributed by atoms with E-state index in [1.807, 2.05) is 0 Å². The van der Waals surface area contributed by atoms with Crippen molar-refractivity contribution in [2.45, 2.75) is 56.9 Å². The summed E-state index contributed by atoms with van der Waals surface area (Å²) in [6.07, 6.45) is 7.76. The van der Waals surface area contributed by atoms with Crippen molar-refractivity contribution in [3.8, 4) is 5.75 Å². The largest absolute Gasteiger partial charge is 0.426 e. The van der Waals surface area contributed by atoms with Gasteiger partial charge in [0.15, 0.2) is 0 Å². The predicted octanol–water partition coefficient (Wildman–Crippen LogP) is 4.34. The molecule has 0 saturated heterocycles. The van der Waals surface area contributed by atoms with Crippen LogP contribution in [0.1, 0.15) is 56.9 Å². The van der Waals surface area contributed by atoms with Crippen LogP contribution in [-0.4, -0.2) is 12.0 Å². The van der Waals surface area contributed by atoms with E-state index in [-0.39, 0.29) is 17.9 Å². The Morgan fingerprint density at radius 3 is 2.58 bits per heavy atom. The number of urea groups is 1. The van der Waals surface area contributed by atoms with E-state index in [1.54, 1.807) is 12.1 Å². The van der Waals surface area contributed by atoms with Crippen LogP contribution in [0.3, 0.4) is 0 Å². The molecule has 5 nitrogen and oxygen atoms in total. The van der Waals surface area contributed by atoms with Gasteiger partial charge in [0.25, 0.3) is 0 Å². The number of amides is 2. The normalized spacial score (nSPS) is 22.1. The smallest absolute Gasteiger partial charge is 0.319 e. The lowest BCUT2D eigenvalue weighted by molar-refractivity contribution is -0.141. The average molecular weight is 349 g/mol. The monoisotopic (exact) mass is 348 g/mol. The molecule has 1 spiro atoms. The molecule has 2 N–H and O–H groups in total. The number of benzene rings is 1. The zero-order valence-corrected chi connectivity index (χ0v) is 14.2. The number of halogens is 1. The van der Waals surface area contributed by atoms with Gasteiger partial charge in [-0.1, -0.05) is 37.3 Å². The Balaban J connectivity index is 1.77. The van der Waals surface area contributed by atoms with Crippen molar-refractivity contribution in [3.05, 3.63) is 22.7 Å². The molecule has 24 heavy (non-hydrogen) atoms. The fourth-order valence-electron chi connectivity index (χ4n) is 4.03. The Hall–Kier alpha value is -1.75. The Kier molecular flexibility index (Phi) is 3.91. The second-order valence-electron chi connectivity index (χ2n) is 7.07. The van der Waals surface area contributed by atoms with Crippen LogP contribution in [0.4, 0.5) is 10.5 Å². The van der Waals surface area contributed by atoms with Gasteiger partial charge >= 0.3 is 12.0 Å². The maximum Gasteiger partial charge on any atom is 0.319 e. The predicted molar refractivity (Wildman–Crippen MR) is 91.3 cm³/mol. The van der Waals surface area contributed by atoms with Gasteiger partial charge in [-0.2, -0.15) is 0 Å². The first-order valence-electron chi connectivity index (χ1n) is 8.73. The van der Waals surface area contributed by atoms with Crippen molar-refractivity contribution in [2.75, 3.05) is 5.32 Å². The summed E-state index contributed by atoms with van der Waals surface area (Å²) >= 11 is 6.34. The van der Waals surface area contributed by atoms with Crippen molar-refractivity contribution in [3.63, 3.8) is 0 Å². The zero-order valence-electron chi connectivity index (χ0n) is 13.5. The highest BCUT2D eigenvalue weighted by Gasteiger charge is 2.44. The second-order valence-corrected chi connectivity index (χ2v) is 7.47. The lowest BCUT2D eigenvalue weighted by atomic mass is 9.74. The van der Waals surface area contributed by atoms with E-state index in [9.17, 15) is 9.59 Å². The van der Waals surface area contributed by atoms with Gasteiger partial charge < -0.3 is 15.4 Å². The molecule has 3 aliphatic rings. The van der Waals surface area contributed by atoms with Gasteiger partial charge in [-0.15, -0.1) is 0 Å². The third kappa shape index (κ3) is 2.55. The minimum absolute atomic E-state index is 0.00442. The van der Waals surface area contributed by atoms with Gasteiger partial charge in [0, 0.05) is 5.56 Å². The molecule has 0 radical (unpaired) electrons. The lowest BCUT2D eigenvalue weighted by Crippen LogP contribution is -2.53. The molecule has 1 aromatic carbocycles. The van der Waals surface area contributed by atoms with Crippen LogP contribution in [0.2, 0.25) is 5.02 Å². The van der Waals surface area contributed by atoms with Crippen LogP contribution >= 0.6 is 11.6 Å². The van der Waals surface area contributed by atoms with E-state index < -0.39 is 5.54 Å². The molecular weight excluding hydrogens is 328 g/mol. The maximum absolute atomic E-state index is 12.3. The van der Waals surface area contributed by atoms with E-state index >= 15 is 0 Å². The van der Waals surface area contributed by atoms with E-state index in [4.69, 9.17) is 16.3 Å². The van der Waals surface area contributed by atoms with E-state index in [0.717, 1.165) is 56.9 Å². The summed E-state index contributed by atoms with van der Waals surface area (Å²) in [4.78, 5) is 24.5. The van der Waals surface area contributed by atoms with Gasteiger partial charge in [0.1, 0.15) is 5.75 Å². The first kappa shape index (κ1) is 15.8. The van der Waals surface area contributed by atoms with Crippen molar-refractivity contribution < 1.29 is 14.3 Å². The minimum Gasteiger partial charge on any atom is -0.426 e. The number of rotatable bonds is 2. The number of hydrogen-bond donors (Lipinski definition) is 2. The van der Waals surface area contributed by atoms with Crippen molar-refractivity contribution in [1.82, 2.24) is 5.32 Å². The van der Waals surface area contributed by atoms with Crippen molar-refractivity contribution in [1.29, 1.82) is 0 Å². The van der Waals surface area contributed by atoms with Gasteiger partial charge in [0.2, 0.25) is 0 Å². The number of carbonyl (C=O) groups is 2. The molecule has 6 heteroatoms. The standard InChI is InChI=1S/C18H21ClN2O3/c19-12-7-8-13(24-16(22)11-5-4-6-11)14-15(12)20-17(23)21-18(14)9-2-1-3-10-18/h7-8,11H,1-6,9-10H2,(H2,20,21,23). The summed E-state index contributed by atoms with van der Waals surface area (Å²) < 4.78 is 5.75. The summed E-state index contributed by atoms with van der Waals surface area (Å²) in [6.45, 7) is 0. The van der Waals surface area contributed by atoms with Crippen molar-refractivity contribution in [2.24, 2.45) is 5.92 Å². The van der Waals surface area contributed by atoms with Crippen LogP contribution in [0, 0.1) is 5.92 Å². The molecule has 0 bridgehead atoms. The summed E-state index contributed by atoms with van der Waals surface area (Å²) in [5.74, 6) is 0.360. The molecular formula is C18H21ClN2O3. The molecule has 1 aromatic rings. The van der Waals surface area contributed by atoms with Crippen LogP contribution in [0.25, 0.3) is 0 Å². The van der Waals surface area contributed by atoms with Crippen molar-refractivity contribution >= 4 is 29.3 Å².